The van der Waals surface area contributed by atoms with Crippen LogP contribution in [-0.2, 0) is 10.2 Å². The lowest BCUT2D eigenvalue weighted by Gasteiger charge is -2.44. The molecule has 1 aliphatic rings. The number of hydrogen-bond acceptors (Lipinski definition) is 5. The van der Waals surface area contributed by atoms with Crippen LogP contribution in [0.15, 0.2) is 16.7 Å². The van der Waals surface area contributed by atoms with Gasteiger partial charge in [0.15, 0.2) is 5.82 Å². The Labute approximate surface area is 134 Å². The Balaban J connectivity index is 2.24. The van der Waals surface area contributed by atoms with Crippen molar-refractivity contribution in [2.24, 2.45) is 0 Å². The van der Waals surface area contributed by atoms with Crippen molar-refractivity contribution >= 4 is 37.6 Å². The van der Waals surface area contributed by atoms with Crippen LogP contribution in [-0.4, -0.2) is 69.9 Å². The Kier molecular flexibility index (Phi) is 4.76. The molecule has 2 rings (SSSR count). The standard InChI is InChI=1S/C12H20BrN5O2S/c1-16(2)10-7-18(8-10)12-11(5-9(13)6-14-12)15-21(19,20)17(3)4/h5-6,10,15H,7-8H2,1-4H3. The van der Waals surface area contributed by atoms with Crippen LogP contribution in [0.25, 0.3) is 0 Å². The highest BCUT2D eigenvalue weighted by Gasteiger charge is 2.31. The highest BCUT2D eigenvalue weighted by atomic mass is 79.9. The summed E-state index contributed by atoms with van der Waals surface area (Å²) < 4.78 is 28.5. The van der Waals surface area contributed by atoms with E-state index in [0.29, 0.717) is 17.5 Å². The lowest BCUT2D eigenvalue weighted by atomic mass is 10.1. The molecule has 0 spiro atoms. The van der Waals surface area contributed by atoms with Crippen molar-refractivity contribution in [3.05, 3.63) is 16.7 Å². The van der Waals surface area contributed by atoms with Crippen LogP contribution >= 0.6 is 15.9 Å². The number of aromatic nitrogens is 1. The third kappa shape index (κ3) is 3.65. The number of rotatable bonds is 5. The molecule has 0 aliphatic carbocycles. The predicted molar refractivity (Wildman–Crippen MR) is 87.9 cm³/mol. The first kappa shape index (κ1) is 16.5. The first-order valence-electron chi connectivity index (χ1n) is 6.48. The van der Waals surface area contributed by atoms with Gasteiger partial charge in [-0.15, -0.1) is 0 Å². The summed E-state index contributed by atoms with van der Waals surface area (Å²) in [7, 11) is 3.49. The first-order valence-corrected chi connectivity index (χ1v) is 8.71. The molecule has 2 heterocycles. The van der Waals surface area contributed by atoms with Crippen LogP contribution in [0.4, 0.5) is 11.5 Å². The molecule has 0 amide bonds. The second-order valence-electron chi connectivity index (χ2n) is 5.44. The maximum absolute atomic E-state index is 12.0. The molecule has 1 saturated heterocycles. The number of halogens is 1. The molecule has 0 saturated carbocycles. The van der Waals surface area contributed by atoms with E-state index in [9.17, 15) is 8.42 Å². The van der Waals surface area contributed by atoms with Gasteiger partial charge in [-0.1, -0.05) is 0 Å². The Bertz CT molecular complexity index is 614. The fourth-order valence-electron chi connectivity index (χ4n) is 1.94. The molecule has 1 aromatic rings. The largest absolute Gasteiger partial charge is 0.352 e. The number of pyridine rings is 1. The van der Waals surface area contributed by atoms with Crippen molar-refractivity contribution in [2.75, 3.05) is 50.9 Å². The van der Waals surface area contributed by atoms with E-state index in [2.05, 4.69) is 35.4 Å². The lowest BCUT2D eigenvalue weighted by Crippen LogP contribution is -2.58. The SMILES string of the molecule is CN(C)C1CN(c2ncc(Br)cc2NS(=O)(=O)N(C)C)C1. The molecular weight excluding hydrogens is 358 g/mol. The van der Waals surface area contributed by atoms with Gasteiger partial charge in [0.2, 0.25) is 0 Å². The van der Waals surface area contributed by atoms with Gasteiger partial charge in [-0.2, -0.15) is 12.7 Å². The maximum atomic E-state index is 12.0. The van der Waals surface area contributed by atoms with Crippen molar-refractivity contribution in [2.45, 2.75) is 6.04 Å². The summed E-state index contributed by atoms with van der Waals surface area (Å²) >= 11 is 3.33. The number of nitrogens with zero attached hydrogens (tertiary/aromatic N) is 4. The van der Waals surface area contributed by atoms with Crippen LogP contribution in [0.3, 0.4) is 0 Å². The van der Waals surface area contributed by atoms with Crippen molar-refractivity contribution in [3.8, 4) is 0 Å². The van der Waals surface area contributed by atoms with E-state index in [1.165, 1.54) is 14.1 Å². The molecule has 7 nitrogen and oxygen atoms in total. The van der Waals surface area contributed by atoms with E-state index in [1.54, 1.807) is 12.3 Å². The van der Waals surface area contributed by atoms with E-state index < -0.39 is 10.2 Å². The minimum Gasteiger partial charge on any atom is -0.352 e. The molecule has 1 aromatic heterocycles. The summed E-state index contributed by atoms with van der Waals surface area (Å²) in [5, 5.41) is 0. The number of hydrogen-bond donors (Lipinski definition) is 1. The molecule has 0 bridgehead atoms. The second kappa shape index (κ2) is 6.07. The number of nitrogens with one attached hydrogen (secondary N) is 1. The smallest absolute Gasteiger partial charge is 0.301 e. The summed E-state index contributed by atoms with van der Waals surface area (Å²) in [6.07, 6.45) is 1.67. The number of likely N-dealkylation sites (N-methyl/N-ethyl adjacent to an activating group) is 1. The molecule has 0 aromatic carbocycles. The van der Waals surface area contributed by atoms with Gasteiger partial charge in [0, 0.05) is 43.9 Å². The Morgan fingerprint density at radius 1 is 1.33 bits per heavy atom. The quantitative estimate of drug-likeness (QED) is 0.822. The average Bonchev–Trinajstić information content (AvgIpc) is 2.28. The molecule has 0 atom stereocenters. The van der Waals surface area contributed by atoms with Crippen LogP contribution in [0.5, 0.6) is 0 Å². The molecule has 0 unspecified atom stereocenters. The van der Waals surface area contributed by atoms with Crippen LogP contribution in [0.2, 0.25) is 0 Å². The summed E-state index contributed by atoms with van der Waals surface area (Å²) in [5.41, 5.74) is 0.482. The molecule has 9 heteroatoms. The normalized spacial score (nSPS) is 16.4. The van der Waals surface area contributed by atoms with Gasteiger partial charge in [-0.3, -0.25) is 4.72 Å². The average molecular weight is 378 g/mol. The Morgan fingerprint density at radius 3 is 2.48 bits per heavy atom. The molecule has 0 radical (unpaired) electrons. The first-order chi connectivity index (χ1) is 9.70. The van der Waals surface area contributed by atoms with Gasteiger partial charge in [0.1, 0.15) is 0 Å². The van der Waals surface area contributed by atoms with Crippen molar-refractivity contribution < 1.29 is 8.42 Å². The highest BCUT2D eigenvalue weighted by Crippen LogP contribution is 2.31. The third-order valence-electron chi connectivity index (χ3n) is 3.45. The van der Waals surface area contributed by atoms with Gasteiger partial charge >= 0.3 is 10.2 Å². The Hall–Kier alpha value is -0.900. The minimum atomic E-state index is -3.55. The van der Waals surface area contributed by atoms with Gasteiger partial charge < -0.3 is 9.80 Å². The zero-order valence-corrected chi connectivity index (χ0v) is 14.9. The minimum absolute atomic E-state index is 0.466. The Morgan fingerprint density at radius 2 is 1.95 bits per heavy atom. The zero-order chi connectivity index (χ0) is 15.8. The van der Waals surface area contributed by atoms with Gasteiger partial charge in [-0.05, 0) is 36.1 Å². The zero-order valence-electron chi connectivity index (χ0n) is 12.5. The summed E-state index contributed by atoms with van der Waals surface area (Å²) in [4.78, 5) is 8.56. The van der Waals surface area contributed by atoms with Gasteiger partial charge in [0.25, 0.3) is 0 Å². The van der Waals surface area contributed by atoms with E-state index in [-0.39, 0.29) is 0 Å². The van der Waals surface area contributed by atoms with Crippen molar-refractivity contribution in [1.82, 2.24) is 14.2 Å². The van der Waals surface area contributed by atoms with E-state index in [0.717, 1.165) is 21.9 Å². The van der Waals surface area contributed by atoms with Gasteiger partial charge in [-0.25, -0.2) is 4.98 Å². The fraction of sp³-hybridized carbons (Fsp3) is 0.583. The van der Waals surface area contributed by atoms with Gasteiger partial charge in [0.05, 0.1) is 5.69 Å². The summed E-state index contributed by atoms with van der Waals surface area (Å²) in [5.74, 6) is 0.654. The predicted octanol–water partition coefficient (Wildman–Crippen LogP) is 0.813. The van der Waals surface area contributed by atoms with E-state index in [4.69, 9.17) is 0 Å². The molecule has 1 fully saturated rings. The maximum Gasteiger partial charge on any atom is 0.301 e. The molecule has 1 aliphatic heterocycles. The second-order valence-corrected chi connectivity index (χ2v) is 8.24. The molecule has 1 N–H and O–H groups in total. The lowest BCUT2D eigenvalue weighted by molar-refractivity contribution is 0.246. The molecular formula is C12H20BrN5O2S. The third-order valence-corrected chi connectivity index (χ3v) is 5.32. The topological polar surface area (TPSA) is 68.8 Å². The van der Waals surface area contributed by atoms with E-state index >= 15 is 0 Å². The molecule has 21 heavy (non-hydrogen) atoms. The summed E-state index contributed by atoms with van der Waals surface area (Å²) in [6, 6.07) is 2.19. The van der Waals surface area contributed by atoms with Crippen LogP contribution in [0, 0.1) is 0 Å². The number of anilines is 2. The highest BCUT2D eigenvalue weighted by molar-refractivity contribution is 9.10. The molecule has 118 valence electrons. The monoisotopic (exact) mass is 377 g/mol. The summed E-state index contributed by atoms with van der Waals surface area (Å²) in [6.45, 7) is 1.66. The van der Waals surface area contributed by atoms with Crippen LogP contribution < -0.4 is 9.62 Å². The van der Waals surface area contributed by atoms with Crippen molar-refractivity contribution in [1.29, 1.82) is 0 Å². The fourth-order valence-corrected chi connectivity index (χ4v) is 2.89. The van der Waals surface area contributed by atoms with Crippen molar-refractivity contribution in [3.63, 3.8) is 0 Å². The van der Waals surface area contributed by atoms with E-state index in [1.807, 2.05) is 14.1 Å². The van der Waals surface area contributed by atoms with Crippen LogP contribution in [0.1, 0.15) is 0 Å².